The molecule has 0 radical (unpaired) electrons. The fourth-order valence-electron chi connectivity index (χ4n) is 5.51. The second-order valence-corrected chi connectivity index (χ2v) is 7.24. The highest BCUT2D eigenvalue weighted by Crippen LogP contribution is 2.57. The van der Waals surface area contributed by atoms with Crippen LogP contribution in [0.5, 0.6) is 5.75 Å². The summed E-state index contributed by atoms with van der Waals surface area (Å²) in [6.07, 6.45) is 11.0. The molecule has 4 aliphatic rings. The SMILES string of the molecule is CC(Oc1ccncc1N)C1C2CC3CC(C2)CC1C3. The zero-order valence-electron chi connectivity index (χ0n) is 12.2. The van der Waals surface area contributed by atoms with E-state index >= 15 is 0 Å². The molecule has 0 spiro atoms. The number of pyridine rings is 1. The Morgan fingerprint density at radius 2 is 1.80 bits per heavy atom. The molecular formula is C17H24N2O. The predicted molar refractivity (Wildman–Crippen MR) is 79.3 cm³/mol. The first-order valence-corrected chi connectivity index (χ1v) is 8.07. The molecular weight excluding hydrogens is 248 g/mol. The summed E-state index contributed by atoms with van der Waals surface area (Å²) >= 11 is 0. The smallest absolute Gasteiger partial charge is 0.145 e. The third-order valence-electron chi connectivity index (χ3n) is 5.96. The van der Waals surface area contributed by atoms with Crippen LogP contribution in [0, 0.1) is 29.6 Å². The van der Waals surface area contributed by atoms with Gasteiger partial charge in [0.2, 0.25) is 0 Å². The van der Waals surface area contributed by atoms with Gasteiger partial charge in [0.1, 0.15) is 5.75 Å². The minimum atomic E-state index is 0.273. The zero-order chi connectivity index (χ0) is 13.7. The molecule has 1 atom stereocenters. The molecule has 3 heteroatoms. The molecule has 5 rings (SSSR count). The summed E-state index contributed by atoms with van der Waals surface area (Å²) in [6.45, 7) is 2.24. The van der Waals surface area contributed by atoms with E-state index in [2.05, 4.69) is 11.9 Å². The van der Waals surface area contributed by atoms with Gasteiger partial charge in [-0.05, 0) is 62.7 Å². The Labute approximate surface area is 120 Å². The molecule has 2 N–H and O–H groups in total. The van der Waals surface area contributed by atoms with Crippen LogP contribution >= 0.6 is 0 Å². The van der Waals surface area contributed by atoms with Gasteiger partial charge in [0, 0.05) is 18.2 Å². The van der Waals surface area contributed by atoms with Crippen molar-refractivity contribution < 1.29 is 4.74 Å². The summed E-state index contributed by atoms with van der Waals surface area (Å²) in [6, 6.07) is 1.89. The molecule has 3 nitrogen and oxygen atoms in total. The molecule has 1 unspecified atom stereocenters. The van der Waals surface area contributed by atoms with E-state index in [1.54, 1.807) is 12.4 Å². The van der Waals surface area contributed by atoms with E-state index in [0.717, 1.165) is 35.3 Å². The van der Waals surface area contributed by atoms with Gasteiger partial charge in [-0.15, -0.1) is 0 Å². The fourth-order valence-corrected chi connectivity index (χ4v) is 5.51. The summed E-state index contributed by atoms with van der Waals surface area (Å²) in [7, 11) is 0. The molecule has 0 saturated heterocycles. The van der Waals surface area contributed by atoms with Crippen LogP contribution < -0.4 is 10.5 Å². The standard InChI is InChI=1S/C17H24N2O/c1-10(20-16-2-3-19-9-15(16)18)17-13-5-11-4-12(7-13)8-14(17)6-11/h2-3,9-14,17H,4-8,18H2,1H3. The lowest BCUT2D eigenvalue weighted by Crippen LogP contribution is -2.49. The van der Waals surface area contributed by atoms with Crippen molar-refractivity contribution in [3.05, 3.63) is 18.5 Å². The first kappa shape index (κ1) is 12.5. The maximum atomic E-state index is 6.21. The van der Waals surface area contributed by atoms with Gasteiger partial charge >= 0.3 is 0 Å². The van der Waals surface area contributed by atoms with Crippen LogP contribution in [0.25, 0.3) is 0 Å². The van der Waals surface area contributed by atoms with Gasteiger partial charge in [-0.3, -0.25) is 4.98 Å². The summed E-state index contributed by atoms with van der Waals surface area (Å²) in [4.78, 5) is 4.03. The van der Waals surface area contributed by atoms with Crippen LogP contribution in [0.1, 0.15) is 39.0 Å². The van der Waals surface area contributed by atoms with Gasteiger partial charge in [-0.25, -0.2) is 0 Å². The van der Waals surface area contributed by atoms with Crippen molar-refractivity contribution in [2.24, 2.45) is 29.6 Å². The van der Waals surface area contributed by atoms with E-state index in [4.69, 9.17) is 10.5 Å². The lowest BCUT2D eigenvalue weighted by atomic mass is 9.51. The number of nitrogens with two attached hydrogens (primary N) is 1. The second kappa shape index (κ2) is 4.64. The van der Waals surface area contributed by atoms with Gasteiger partial charge < -0.3 is 10.5 Å². The first-order valence-electron chi connectivity index (χ1n) is 8.07. The number of rotatable bonds is 3. The third kappa shape index (κ3) is 1.99. The number of aromatic nitrogens is 1. The molecule has 4 aliphatic carbocycles. The van der Waals surface area contributed by atoms with Crippen molar-refractivity contribution in [2.75, 3.05) is 5.73 Å². The monoisotopic (exact) mass is 272 g/mol. The molecule has 0 amide bonds. The Morgan fingerprint density at radius 3 is 2.40 bits per heavy atom. The van der Waals surface area contributed by atoms with Crippen LogP contribution in [0.4, 0.5) is 5.69 Å². The summed E-state index contributed by atoms with van der Waals surface area (Å²) in [5, 5.41) is 0. The van der Waals surface area contributed by atoms with E-state index in [9.17, 15) is 0 Å². The molecule has 4 saturated carbocycles. The minimum absolute atomic E-state index is 0.273. The van der Waals surface area contributed by atoms with E-state index in [1.165, 1.54) is 32.1 Å². The Morgan fingerprint density at radius 1 is 1.15 bits per heavy atom. The van der Waals surface area contributed by atoms with E-state index < -0.39 is 0 Å². The molecule has 1 aromatic rings. The van der Waals surface area contributed by atoms with Gasteiger partial charge in [-0.2, -0.15) is 0 Å². The quantitative estimate of drug-likeness (QED) is 0.916. The molecule has 20 heavy (non-hydrogen) atoms. The molecule has 1 aromatic heterocycles. The highest BCUT2D eigenvalue weighted by atomic mass is 16.5. The van der Waals surface area contributed by atoms with Crippen molar-refractivity contribution >= 4 is 5.69 Å². The Bertz CT molecular complexity index is 474. The van der Waals surface area contributed by atoms with Crippen LogP contribution in [0.3, 0.4) is 0 Å². The first-order chi connectivity index (χ1) is 9.70. The van der Waals surface area contributed by atoms with Crippen LogP contribution in [0.2, 0.25) is 0 Å². The van der Waals surface area contributed by atoms with Crippen molar-refractivity contribution in [2.45, 2.75) is 45.1 Å². The lowest BCUT2D eigenvalue weighted by Gasteiger charge is -2.55. The predicted octanol–water partition coefficient (Wildman–Crippen LogP) is 3.50. The number of nitrogens with zero attached hydrogens (tertiary/aromatic N) is 1. The van der Waals surface area contributed by atoms with Gasteiger partial charge in [0.25, 0.3) is 0 Å². The summed E-state index contributed by atoms with van der Waals surface area (Å²) in [5.74, 6) is 5.36. The van der Waals surface area contributed by atoms with Gasteiger partial charge in [0.05, 0.1) is 18.0 Å². The van der Waals surface area contributed by atoms with Crippen LogP contribution in [0.15, 0.2) is 18.5 Å². The number of nitrogen functional groups attached to an aromatic ring is 1. The number of ether oxygens (including phenoxy) is 1. The van der Waals surface area contributed by atoms with Gasteiger partial charge in [0.15, 0.2) is 0 Å². The van der Waals surface area contributed by atoms with Crippen molar-refractivity contribution in [1.82, 2.24) is 4.98 Å². The number of hydrogen-bond donors (Lipinski definition) is 1. The van der Waals surface area contributed by atoms with Crippen LogP contribution in [-0.4, -0.2) is 11.1 Å². The maximum absolute atomic E-state index is 6.21. The molecule has 0 aliphatic heterocycles. The van der Waals surface area contributed by atoms with E-state index in [-0.39, 0.29) is 6.10 Å². The Balaban J connectivity index is 1.51. The van der Waals surface area contributed by atoms with E-state index in [0.29, 0.717) is 5.69 Å². The Hall–Kier alpha value is -1.25. The van der Waals surface area contributed by atoms with Gasteiger partial charge in [-0.1, -0.05) is 0 Å². The summed E-state index contributed by atoms with van der Waals surface area (Å²) in [5.41, 5.74) is 6.61. The topological polar surface area (TPSA) is 48.1 Å². The van der Waals surface area contributed by atoms with Crippen molar-refractivity contribution in [3.63, 3.8) is 0 Å². The maximum Gasteiger partial charge on any atom is 0.145 e. The second-order valence-electron chi connectivity index (χ2n) is 7.24. The van der Waals surface area contributed by atoms with Crippen molar-refractivity contribution in [1.29, 1.82) is 0 Å². The largest absolute Gasteiger partial charge is 0.488 e. The average molecular weight is 272 g/mol. The molecule has 4 bridgehead atoms. The van der Waals surface area contributed by atoms with Crippen LogP contribution in [-0.2, 0) is 0 Å². The minimum Gasteiger partial charge on any atom is -0.488 e. The average Bonchev–Trinajstić information content (AvgIpc) is 2.40. The summed E-state index contributed by atoms with van der Waals surface area (Å²) < 4.78 is 6.21. The lowest BCUT2D eigenvalue weighted by molar-refractivity contribution is -0.0769. The Kier molecular flexibility index (Phi) is 2.90. The molecule has 1 heterocycles. The molecule has 0 aromatic carbocycles. The number of hydrogen-bond acceptors (Lipinski definition) is 3. The molecule has 4 fully saturated rings. The molecule has 108 valence electrons. The fraction of sp³-hybridized carbons (Fsp3) is 0.706. The highest BCUT2D eigenvalue weighted by molar-refractivity contribution is 5.49. The van der Waals surface area contributed by atoms with Crippen molar-refractivity contribution in [3.8, 4) is 5.75 Å². The van der Waals surface area contributed by atoms with E-state index in [1.807, 2.05) is 6.07 Å². The normalized spacial score (nSPS) is 39.8. The highest BCUT2D eigenvalue weighted by Gasteiger charge is 2.50. The third-order valence-corrected chi connectivity index (χ3v) is 5.96. The number of anilines is 1. The zero-order valence-corrected chi connectivity index (χ0v) is 12.2.